The van der Waals surface area contributed by atoms with E-state index in [4.69, 9.17) is 0 Å². The highest BCUT2D eigenvalue weighted by Crippen LogP contribution is 2.44. The van der Waals surface area contributed by atoms with E-state index in [1.165, 1.54) is 0 Å². The van der Waals surface area contributed by atoms with E-state index in [-0.39, 0.29) is 18.5 Å². The van der Waals surface area contributed by atoms with Gasteiger partial charge in [-0.15, -0.1) is 0 Å². The molecular weight excluding hydrogens is 596 g/mol. The van der Waals surface area contributed by atoms with Crippen LogP contribution in [-0.2, 0) is 15.2 Å². The van der Waals surface area contributed by atoms with Gasteiger partial charge in [-0.2, -0.15) is 11.8 Å². The molecule has 2 amide bonds. The molecule has 250 valence electrons. The molecule has 5 rings (SSSR count). The molecule has 1 aromatic rings. The zero-order valence-corrected chi connectivity index (χ0v) is 28.1. The minimum Gasteiger partial charge on any atom is -0.384 e. The Morgan fingerprint density at radius 1 is 1.20 bits per heavy atom. The van der Waals surface area contributed by atoms with Crippen LogP contribution in [0.4, 0.5) is 14.5 Å². The molecule has 0 bridgehead atoms. The number of likely N-dealkylation sites (tertiary alicyclic amines) is 2. The van der Waals surface area contributed by atoms with Crippen LogP contribution in [0.3, 0.4) is 0 Å². The second-order valence-corrected chi connectivity index (χ2v) is 14.6. The first kappa shape index (κ1) is 35.4. The van der Waals surface area contributed by atoms with Crippen molar-refractivity contribution in [3.8, 4) is 0 Å². The Kier molecular flexibility index (Phi) is 12.1. The summed E-state index contributed by atoms with van der Waals surface area (Å²) in [6, 6.07) is 5.09. The van der Waals surface area contributed by atoms with Gasteiger partial charge in [-0.25, -0.2) is 8.78 Å². The third kappa shape index (κ3) is 8.65. The molecule has 0 radical (unpaired) electrons. The van der Waals surface area contributed by atoms with E-state index < -0.39 is 16.9 Å². The van der Waals surface area contributed by atoms with Gasteiger partial charge in [-0.1, -0.05) is 37.6 Å². The SMILES string of the molecule is CC1=CC=C[C@](C)(C(C)(F)F)C1.CCSCCNc1ccc(C2(O)CCC(N3CCC4C3CCN4C(=O)CNC=O)CC2)nc1. The number of allylic oxidation sites excluding steroid dienone is 4. The Balaban J connectivity index is 0.000000323. The van der Waals surface area contributed by atoms with Crippen molar-refractivity contribution in [3.63, 3.8) is 0 Å². The van der Waals surface area contributed by atoms with Crippen LogP contribution in [0.25, 0.3) is 0 Å². The van der Waals surface area contributed by atoms with E-state index >= 15 is 0 Å². The maximum Gasteiger partial charge on any atom is 0.254 e. The molecule has 8 nitrogen and oxygen atoms in total. The fraction of sp³-hybridized carbons (Fsp3) is 0.676. The second kappa shape index (κ2) is 15.4. The number of hydrogen-bond donors (Lipinski definition) is 3. The molecule has 3 heterocycles. The van der Waals surface area contributed by atoms with Crippen LogP contribution in [0.5, 0.6) is 0 Å². The van der Waals surface area contributed by atoms with Gasteiger partial charge in [0, 0.05) is 50.4 Å². The van der Waals surface area contributed by atoms with Gasteiger partial charge in [-0.3, -0.25) is 19.5 Å². The third-order valence-corrected chi connectivity index (χ3v) is 10.9. The first-order valence-corrected chi connectivity index (χ1v) is 17.5. The first-order chi connectivity index (χ1) is 21.4. The average Bonchev–Trinajstić information content (AvgIpc) is 3.61. The molecule has 45 heavy (non-hydrogen) atoms. The Morgan fingerprint density at radius 3 is 2.53 bits per heavy atom. The summed E-state index contributed by atoms with van der Waals surface area (Å²) in [5.41, 5.74) is 0.936. The number of hydrogen-bond acceptors (Lipinski definition) is 7. The predicted octanol–water partition coefficient (Wildman–Crippen LogP) is 5.35. The zero-order valence-electron chi connectivity index (χ0n) is 27.2. The smallest absolute Gasteiger partial charge is 0.254 e. The number of nitrogens with zero attached hydrogens (tertiary/aromatic N) is 3. The van der Waals surface area contributed by atoms with Crippen LogP contribution < -0.4 is 10.6 Å². The summed E-state index contributed by atoms with van der Waals surface area (Å²) >= 11 is 1.91. The van der Waals surface area contributed by atoms with Crippen molar-refractivity contribution in [1.82, 2.24) is 20.1 Å². The van der Waals surface area contributed by atoms with Gasteiger partial charge in [0.15, 0.2) is 0 Å². The number of aromatic nitrogens is 1. The summed E-state index contributed by atoms with van der Waals surface area (Å²) < 4.78 is 26.2. The minimum absolute atomic E-state index is 0.0163. The van der Waals surface area contributed by atoms with E-state index in [1.54, 1.807) is 19.1 Å². The van der Waals surface area contributed by atoms with Crippen LogP contribution in [0.2, 0.25) is 0 Å². The van der Waals surface area contributed by atoms with Crippen molar-refractivity contribution in [2.45, 2.75) is 102 Å². The van der Waals surface area contributed by atoms with Crippen molar-refractivity contribution in [1.29, 1.82) is 0 Å². The Labute approximate surface area is 271 Å². The maximum atomic E-state index is 13.1. The number of rotatable bonds is 11. The second-order valence-electron chi connectivity index (χ2n) is 13.2. The predicted molar refractivity (Wildman–Crippen MR) is 177 cm³/mol. The fourth-order valence-corrected chi connectivity index (χ4v) is 7.83. The lowest BCUT2D eigenvalue weighted by Crippen LogP contribution is -2.47. The van der Waals surface area contributed by atoms with Crippen molar-refractivity contribution in [3.05, 3.63) is 47.8 Å². The summed E-state index contributed by atoms with van der Waals surface area (Å²) in [7, 11) is 0. The van der Waals surface area contributed by atoms with Gasteiger partial charge >= 0.3 is 0 Å². The van der Waals surface area contributed by atoms with Gasteiger partial charge in [0.2, 0.25) is 12.3 Å². The average molecular weight is 648 g/mol. The summed E-state index contributed by atoms with van der Waals surface area (Å²) in [4.78, 5) is 32.1. The molecule has 2 aliphatic heterocycles. The van der Waals surface area contributed by atoms with Crippen molar-refractivity contribution < 1.29 is 23.5 Å². The Bertz CT molecular complexity index is 1200. The van der Waals surface area contributed by atoms with Crippen LogP contribution in [0.15, 0.2) is 42.1 Å². The fourth-order valence-electron chi connectivity index (χ4n) is 7.29. The van der Waals surface area contributed by atoms with Crippen LogP contribution in [0, 0.1) is 5.41 Å². The molecule has 1 saturated carbocycles. The van der Waals surface area contributed by atoms with Gasteiger partial charge in [0.05, 0.1) is 29.5 Å². The third-order valence-electron chi connectivity index (χ3n) is 10.0. The number of aliphatic hydroxyl groups is 1. The number of carbonyl (C=O) groups is 2. The van der Waals surface area contributed by atoms with Gasteiger partial charge in [-0.05, 0) is 69.8 Å². The van der Waals surface area contributed by atoms with Gasteiger partial charge in [0.25, 0.3) is 5.92 Å². The van der Waals surface area contributed by atoms with E-state index in [0.717, 1.165) is 80.7 Å². The molecule has 4 aliphatic rings. The molecule has 0 aromatic carbocycles. The Hall–Kier alpha value is -2.50. The Morgan fingerprint density at radius 2 is 1.93 bits per heavy atom. The van der Waals surface area contributed by atoms with Crippen molar-refractivity contribution in [2.75, 3.05) is 43.0 Å². The van der Waals surface area contributed by atoms with E-state index in [1.807, 2.05) is 48.0 Å². The first-order valence-electron chi connectivity index (χ1n) is 16.4. The van der Waals surface area contributed by atoms with E-state index in [2.05, 4.69) is 27.4 Å². The van der Waals surface area contributed by atoms with Crippen molar-refractivity contribution >= 4 is 29.8 Å². The molecule has 2 saturated heterocycles. The van der Waals surface area contributed by atoms with Crippen LogP contribution in [0.1, 0.15) is 78.3 Å². The lowest BCUT2D eigenvalue weighted by Gasteiger charge is -2.41. The van der Waals surface area contributed by atoms with E-state index in [9.17, 15) is 23.5 Å². The molecule has 3 fully saturated rings. The van der Waals surface area contributed by atoms with Crippen LogP contribution in [-0.4, -0.2) is 93.9 Å². The molecule has 3 atom stereocenters. The molecule has 1 aromatic heterocycles. The van der Waals surface area contributed by atoms with Crippen LogP contribution >= 0.6 is 11.8 Å². The highest BCUT2D eigenvalue weighted by atomic mass is 32.2. The number of fused-ring (bicyclic) bond motifs is 1. The summed E-state index contributed by atoms with van der Waals surface area (Å²) in [6.45, 7) is 9.39. The number of alkyl halides is 2. The highest BCUT2D eigenvalue weighted by Gasteiger charge is 2.48. The number of anilines is 1. The number of nitrogens with one attached hydrogen (secondary N) is 2. The molecule has 0 spiro atoms. The topological polar surface area (TPSA) is 97.8 Å². The maximum absolute atomic E-state index is 13.1. The summed E-state index contributed by atoms with van der Waals surface area (Å²) in [5, 5.41) is 17.2. The minimum atomic E-state index is -2.64. The summed E-state index contributed by atoms with van der Waals surface area (Å²) in [5.74, 6) is -0.425. The molecule has 2 aliphatic carbocycles. The monoisotopic (exact) mass is 647 g/mol. The molecular formula is C34H51F2N5O3S. The van der Waals surface area contributed by atoms with Crippen molar-refractivity contribution in [2.24, 2.45) is 5.41 Å². The highest BCUT2D eigenvalue weighted by molar-refractivity contribution is 7.99. The number of thioether (sulfide) groups is 1. The zero-order chi connectivity index (χ0) is 32.7. The molecule has 11 heteroatoms. The number of amides is 2. The lowest BCUT2D eigenvalue weighted by molar-refractivity contribution is -0.132. The normalized spacial score (nSPS) is 29.8. The van der Waals surface area contributed by atoms with Gasteiger partial charge in [0.1, 0.15) is 5.60 Å². The largest absolute Gasteiger partial charge is 0.384 e. The molecule has 3 N–H and O–H groups in total. The standard InChI is InChI=1S/C24H37N5O3S.C10H14F2/c1-2-33-14-11-26-18-3-4-22(27-15-18)24(32)9-5-19(6-10-24)28-12-7-21-20(28)8-13-29(21)23(31)16-25-17-30;1-8-5-4-6-9(2,7-8)10(3,11)12/h3-4,15,17,19-21,26,32H,2,5-14,16H2,1H3,(H,25,30);4-6H,7H2,1-3H3/t;9-/m.0/s1. The number of pyridine rings is 1. The molecule has 2 unspecified atom stereocenters. The number of carbonyl (C=O) groups excluding carboxylic acids is 2. The van der Waals surface area contributed by atoms with Gasteiger partial charge < -0.3 is 20.6 Å². The lowest BCUT2D eigenvalue weighted by atomic mass is 9.76. The number of halogens is 2. The quantitative estimate of drug-likeness (QED) is 0.220. The summed E-state index contributed by atoms with van der Waals surface area (Å²) in [6.07, 6.45) is 13.4. The van der Waals surface area contributed by atoms with E-state index in [0.29, 0.717) is 37.8 Å².